The highest BCUT2D eigenvalue weighted by molar-refractivity contribution is 5.28. The number of hydrogen-bond acceptors (Lipinski definition) is 5. The van der Waals surface area contributed by atoms with Gasteiger partial charge in [0.25, 0.3) is 0 Å². The van der Waals surface area contributed by atoms with Crippen LogP contribution in [0.5, 0.6) is 5.88 Å². The molecule has 0 aliphatic rings. The highest BCUT2D eigenvalue weighted by Crippen LogP contribution is 2.08. The van der Waals surface area contributed by atoms with Gasteiger partial charge in [-0.15, -0.1) is 0 Å². The van der Waals surface area contributed by atoms with E-state index in [0.29, 0.717) is 11.8 Å². The van der Waals surface area contributed by atoms with Gasteiger partial charge in [0, 0.05) is 24.5 Å². The van der Waals surface area contributed by atoms with Gasteiger partial charge < -0.3 is 10.1 Å². The summed E-state index contributed by atoms with van der Waals surface area (Å²) in [5, 5.41) is 7.45. The minimum atomic E-state index is 0.177. The number of aryl methyl sites for hydroxylation is 1. The van der Waals surface area contributed by atoms with E-state index in [1.807, 2.05) is 24.0 Å². The molecular formula is C12H17N5O. The molecule has 0 bridgehead atoms. The van der Waals surface area contributed by atoms with Crippen molar-refractivity contribution >= 4 is 5.95 Å². The molecule has 1 N–H and O–H groups in total. The van der Waals surface area contributed by atoms with Gasteiger partial charge in [-0.2, -0.15) is 10.1 Å². The summed E-state index contributed by atoms with van der Waals surface area (Å²) in [5.41, 5.74) is 1.15. The molecular weight excluding hydrogens is 230 g/mol. The van der Waals surface area contributed by atoms with Crippen LogP contribution in [0, 0.1) is 6.92 Å². The summed E-state index contributed by atoms with van der Waals surface area (Å²) in [4.78, 5) is 8.35. The van der Waals surface area contributed by atoms with Crippen LogP contribution < -0.4 is 10.1 Å². The van der Waals surface area contributed by atoms with Gasteiger partial charge >= 0.3 is 0 Å². The molecule has 2 aromatic rings. The molecule has 0 radical (unpaired) electrons. The van der Waals surface area contributed by atoms with Gasteiger partial charge in [-0.1, -0.05) is 0 Å². The lowest BCUT2D eigenvalue weighted by Gasteiger charge is -2.13. The number of nitrogens with one attached hydrogen (secondary N) is 1. The second-order valence-corrected chi connectivity index (χ2v) is 4.21. The molecule has 0 aliphatic carbocycles. The molecule has 2 aromatic heterocycles. The van der Waals surface area contributed by atoms with Crippen molar-refractivity contribution in [3.8, 4) is 5.88 Å². The maximum atomic E-state index is 5.05. The van der Waals surface area contributed by atoms with E-state index in [1.165, 1.54) is 0 Å². The molecule has 0 amide bonds. The number of aromatic nitrogens is 4. The molecule has 0 unspecified atom stereocenters. The van der Waals surface area contributed by atoms with Crippen LogP contribution in [-0.4, -0.2) is 32.9 Å². The molecule has 18 heavy (non-hydrogen) atoms. The van der Waals surface area contributed by atoms with Crippen LogP contribution in [0.15, 0.2) is 24.7 Å². The Morgan fingerprint density at radius 2 is 2.33 bits per heavy atom. The molecule has 0 aliphatic heterocycles. The fourth-order valence-electron chi connectivity index (χ4n) is 1.64. The highest BCUT2D eigenvalue weighted by atomic mass is 16.5. The molecule has 6 heteroatoms. The van der Waals surface area contributed by atoms with Crippen molar-refractivity contribution in [1.82, 2.24) is 19.7 Å². The second-order valence-electron chi connectivity index (χ2n) is 4.21. The Hall–Kier alpha value is -2.11. The van der Waals surface area contributed by atoms with Gasteiger partial charge in [0.1, 0.15) is 0 Å². The highest BCUT2D eigenvalue weighted by Gasteiger charge is 2.06. The molecule has 2 rings (SSSR count). The Kier molecular flexibility index (Phi) is 3.76. The van der Waals surface area contributed by atoms with Crippen molar-refractivity contribution in [3.05, 3.63) is 30.2 Å². The van der Waals surface area contributed by atoms with Gasteiger partial charge in [-0.3, -0.25) is 4.68 Å². The lowest BCUT2D eigenvalue weighted by molar-refractivity contribution is 0.397. The quantitative estimate of drug-likeness (QED) is 0.867. The maximum absolute atomic E-state index is 5.05. The van der Waals surface area contributed by atoms with Crippen LogP contribution in [0.2, 0.25) is 0 Å². The largest absolute Gasteiger partial charge is 0.481 e. The minimum absolute atomic E-state index is 0.177. The van der Waals surface area contributed by atoms with Crippen LogP contribution >= 0.6 is 0 Å². The van der Waals surface area contributed by atoms with Crippen LogP contribution in [0.25, 0.3) is 0 Å². The van der Waals surface area contributed by atoms with Gasteiger partial charge in [0.15, 0.2) is 0 Å². The number of methoxy groups -OCH3 is 1. The predicted octanol–water partition coefficient (Wildman–Crippen LogP) is 1.49. The first-order valence-corrected chi connectivity index (χ1v) is 5.80. The average Bonchev–Trinajstić information content (AvgIpc) is 2.74. The summed E-state index contributed by atoms with van der Waals surface area (Å²) in [6, 6.07) is 1.89. The van der Waals surface area contributed by atoms with E-state index >= 15 is 0 Å². The zero-order chi connectivity index (χ0) is 13.0. The first kappa shape index (κ1) is 12.3. The lowest BCUT2D eigenvalue weighted by atomic mass is 10.3. The SMILES string of the molecule is COc1ccnc(N[C@H](C)Cn2cc(C)cn2)n1. The number of ether oxygens (including phenoxy) is 1. The Labute approximate surface area is 106 Å². The molecule has 0 spiro atoms. The van der Waals surface area contributed by atoms with Crippen molar-refractivity contribution < 1.29 is 4.74 Å². The fourth-order valence-corrected chi connectivity index (χ4v) is 1.64. The third-order valence-electron chi connectivity index (χ3n) is 2.44. The topological polar surface area (TPSA) is 64.9 Å². The normalized spacial score (nSPS) is 12.2. The van der Waals surface area contributed by atoms with Crippen molar-refractivity contribution in [3.63, 3.8) is 0 Å². The van der Waals surface area contributed by atoms with Crippen LogP contribution in [-0.2, 0) is 6.54 Å². The summed E-state index contributed by atoms with van der Waals surface area (Å²) >= 11 is 0. The predicted molar refractivity (Wildman–Crippen MR) is 68.6 cm³/mol. The number of anilines is 1. The summed E-state index contributed by atoms with van der Waals surface area (Å²) in [6.45, 7) is 4.83. The smallest absolute Gasteiger partial charge is 0.226 e. The van der Waals surface area contributed by atoms with Gasteiger partial charge in [-0.25, -0.2) is 4.98 Å². The number of rotatable bonds is 5. The van der Waals surface area contributed by atoms with Gasteiger partial charge in [0.05, 0.1) is 19.9 Å². The number of hydrogen-bond donors (Lipinski definition) is 1. The standard InChI is InChI=1S/C12H17N5O/c1-9-6-14-17(7-9)8-10(2)15-12-13-5-4-11(16-12)18-3/h4-7,10H,8H2,1-3H3,(H,13,15,16)/t10-/m1/s1. The maximum Gasteiger partial charge on any atom is 0.226 e. The second kappa shape index (κ2) is 5.48. The zero-order valence-electron chi connectivity index (χ0n) is 10.8. The van der Waals surface area contributed by atoms with Gasteiger partial charge in [-0.05, 0) is 19.4 Å². The molecule has 1 atom stereocenters. The number of nitrogens with zero attached hydrogens (tertiary/aromatic N) is 4. The Morgan fingerprint density at radius 1 is 1.50 bits per heavy atom. The van der Waals surface area contributed by atoms with Crippen molar-refractivity contribution in [2.45, 2.75) is 26.4 Å². The average molecular weight is 247 g/mol. The monoisotopic (exact) mass is 247 g/mol. The van der Waals surface area contributed by atoms with E-state index in [2.05, 4.69) is 27.3 Å². The Balaban J connectivity index is 1.96. The van der Waals surface area contributed by atoms with Crippen LogP contribution in [0.3, 0.4) is 0 Å². The molecule has 0 saturated carbocycles. The molecule has 6 nitrogen and oxygen atoms in total. The first-order chi connectivity index (χ1) is 8.67. The third-order valence-corrected chi connectivity index (χ3v) is 2.44. The van der Waals surface area contributed by atoms with Crippen molar-refractivity contribution in [2.24, 2.45) is 0 Å². The first-order valence-electron chi connectivity index (χ1n) is 5.80. The molecule has 0 aromatic carbocycles. The Morgan fingerprint density at radius 3 is 3.00 bits per heavy atom. The Bertz CT molecular complexity index is 511. The fraction of sp³-hybridized carbons (Fsp3) is 0.417. The van der Waals surface area contributed by atoms with E-state index in [4.69, 9.17) is 4.74 Å². The zero-order valence-corrected chi connectivity index (χ0v) is 10.8. The minimum Gasteiger partial charge on any atom is -0.481 e. The van der Waals surface area contributed by atoms with E-state index in [0.717, 1.165) is 12.1 Å². The summed E-state index contributed by atoms with van der Waals surface area (Å²) in [5.74, 6) is 1.11. The lowest BCUT2D eigenvalue weighted by Crippen LogP contribution is -2.23. The summed E-state index contributed by atoms with van der Waals surface area (Å²) in [7, 11) is 1.59. The van der Waals surface area contributed by atoms with E-state index in [9.17, 15) is 0 Å². The molecule has 0 saturated heterocycles. The van der Waals surface area contributed by atoms with Crippen LogP contribution in [0.1, 0.15) is 12.5 Å². The van der Waals surface area contributed by atoms with Crippen molar-refractivity contribution in [1.29, 1.82) is 0 Å². The van der Waals surface area contributed by atoms with Crippen molar-refractivity contribution in [2.75, 3.05) is 12.4 Å². The van der Waals surface area contributed by atoms with E-state index in [-0.39, 0.29) is 6.04 Å². The molecule has 96 valence electrons. The third kappa shape index (κ3) is 3.19. The summed E-state index contributed by atoms with van der Waals surface area (Å²) in [6.07, 6.45) is 5.51. The van der Waals surface area contributed by atoms with E-state index in [1.54, 1.807) is 19.4 Å². The van der Waals surface area contributed by atoms with Gasteiger partial charge in [0.2, 0.25) is 11.8 Å². The summed E-state index contributed by atoms with van der Waals surface area (Å²) < 4.78 is 6.95. The van der Waals surface area contributed by atoms with E-state index < -0.39 is 0 Å². The van der Waals surface area contributed by atoms with Crippen LogP contribution in [0.4, 0.5) is 5.95 Å². The molecule has 0 fully saturated rings. The molecule has 2 heterocycles.